The van der Waals surface area contributed by atoms with Crippen molar-refractivity contribution in [1.82, 2.24) is 24.4 Å². The number of nitrogens with zero attached hydrogens (tertiary/aromatic N) is 7. The number of aromatic nitrogens is 3. The van der Waals surface area contributed by atoms with Crippen LogP contribution in [0, 0.1) is 0 Å². The van der Waals surface area contributed by atoms with E-state index < -0.39 is 11.7 Å². The molecule has 14 heteroatoms. The number of nitrogens with one attached hydrogen (secondary N) is 1. The number of hydrogen-bond acceptors (Lipinski definition) is 9. The fraction of sp³-hybridized carbons (Fsp3) is 0.559. The molecule has 258 valence electrons. The van der Waals surface area contributed by atoms with Gasteiger partial charge in [-0.3, -0.25) is 10.1 Å². The van der Waals surface area contributed by atoms with Gasteiger partial charge in [-0.2, -0.15) is 9.61 Å². The number of rotatable bonds is 6. The molecule has 0 unspecified atom stereocenters. The molecule has 6 rings (SSSR count). The Morgan fingerprint density at radius 3 is 2.35 bits per heavy atom. The molecule has 48 heavy (non-hydrogen) atoms. The number of benzene rings is 1. The number of hydrogen-bond donors (Lipinski definition) is 1. The van der Waals surface area contributed by atoms with E-state index in [9.17, 15) is 14.4 Å². The molecule has 0 saturated carbocycles. The Morgan fingerprint density at radius 1 is 0.938 bits per heavy atom. The molecule has 0 bridgehead atoms. The molecule has 0 radical (unpaired) electrons. The van der Waals surface area contributed by atoms with Crippen LogP contribution in [-0.2, 0) is 9.47 Å². The van der Waals surface area contributed by atoms with Crippen LogP contribution in [-0.4, -0.2) is 100 Å². The van der Waals surface area contributed by atoms with Gasteiger partial charge < -0.3 is 29.1 Å². The highest BCUT2D eigenvalue weighted by Gasteiger charge is 2.34. The highest BCUT2D eigenvalue weighted by atomic mass is 35.5. The number of halogens is 1. The van der Waals surface area contributed by atoms with Crippen LogP contribution in [0.5, 0.6) is 0 Å². The van der Waals surface area contributed by atoms with Crippen molar-refractivity contribution < 1.29 is 23.9 Å². The third-order valence-corrected chi connectivity index (χ3v) is 8.98. The Kier molecular flexibility index (Phi) is 9.60. The molecule has 13 nitrogen and oxygen atoms in total. The summed E-state index contributed by atoms with van der Waals surface area (Å²) in [5.41, 5.74) is 1.53. The SMILES string of the molecule is CC(C)OC(=O)Nc1ccc(Cl)cc1C(=O)N1CCCC[C@H]1c1cc2nc(N3CCC3)cc(N3CCN(C(=O)OC(C)(C)C)CC3)n2n1. The third kappa shape index (κ3) is 7.40. The van der Waals surface area contributed by atoms with Gasteiger partial charge in [-0.05, 0) is 78.5 Å². The van der Waals surface area contributed by atoms with E-state index in [2.05, 4.69) is 21.2 Å². The van der Waals surface area contributed by atoms with E-state index >= 15 is 0 Å². The van der Waals surface area contributed by atoms with Gasteiger partial charge in [-0.25, -0.2) is 14.6 Å². The van der Waals surface area contributed by atoms with Gasteiger partial charge in [-0.15, -0.1) is 0 Å². The molecule has 2 aromatic heterocycles. The van der Waals surface area contributed by atoms with Gasteiger partial charge in [-0.1, -0.05) is 11.6 Å². The van der Waals surface area contributed by atoms with E-state index in [4.69, 9.17) is 31.2 Å². The number of likely N-dealkylation sites (tertiary alicyclic amines) is 1. The lowest BCUT2D eigenvalue weighted by Gasteiger charge is -2.37. The minimum Gasteiger partial charge on any atom is -0.447 e. The predicted octanol–water partition coefficient (Wildman–Crippen LogP) is 5.97. The maximum absolute atomic E-state index is 14.2. The van der Waals surface area contributed by atoms with Gasteiger partial charge in [0, 0.05) is 63.0 Å². The summed E-state index contributed by atoms with van der Waals surface area (Å²) in [5, 5.41) is 8.19. The lowest BCUT2D eigenvalue weighted by atomic mass is 9.98. The summed E-state index contributed by atoms with van der Waals surface area (Å²) in [6, 6.07) is 8.60. The maximum atomic E-state index is 14.2. The van der Waals surface area contributed by atoms with E-state index in [0.29, 0.717) is 54.6 Å². The maximum Gasteiger partial charge on any atom is 0.411 e. The summed E-state index contributed by atoms with van der Waals surface area (Å²) < 4.78 is 12.7. The van der Waals surface area contributed by atoms with Crippen molar-refractivity contribution in [2.75, 3.05) is 60.9 Å². The second-order valence-electron chi connectivity index (χ2n) is 13.9. The quantitative estimate of drug-likeness (QED) is 0.335. The zero-order valence-electron chi connectivity index (χ0n) is 28.4. The standard InChI is InChI=1S/C34H45ClN8O5/c1-22(2)47-32(45)36-25-11-10-23(35)19-24(25)31(44)42-14-7-6-9-27(42)26-20-29-37-28(39-12-8-13-39)21-30(43(29)38-26)40-15-17-41(18-16-40)33(46)48-34(3,4)5/h10-11,19-22,27H,6-9,12-18H2,1-5H3,(H,36,45)/t27-/m0/s1. The van der Waals surface area contributed by atoms with Crippen LogP contribution in [0.3, 0.4) is 0 Å². The monoisotopic (exact) mass is 680 g/mol. The number of fused-ring (bicyclic) bond motifs is 1. The second kappa shape index (κ2) is 13.7. The minimum absolute atomic E-state index is 0.244. The number of ether oxygens (including phenoxy) is 2. The van der Waals surface area contributed by atoms with Crippen molar-refractivity contribution >= 4 is 52.7 Å². The van der Waals surface area contributed by atoms with Gasteiger partial charge >= 0.3 is 12.2 Å². The highest BCUT2D eigenvalue weighted by molar-refractivity contribution is 6.31. The molecule has 5 heterocycles. The fourth-order valence-corrected chi connectivity index (χ4v) is 6.47. The fourth-order valence-electron chi connectivity index (χ4n) is 6.30. The van der Waals surface area contributed by atoms with Gasteiger partial charge in [0.1, 0.15) is 17.2 Å². The number of anilines is 3. The first-order valence-corrected chi connectivity index (χ1v) is 17.2. The Bertz CT molecular complexity index is 1680. The zero-order valence-corrected chi connectivity index (χ0v) is 29.1. The molecule has 1 aromatic carbocycles. The Morgan fingerprint density at radius 2 is 1.69 bits per heavy atom. The van der Waals surface area contributed by atoms with Crippen molar-refractivity contribution in [2.45, 2.75) is 78.0 Å². The summed E-state index contributed by atoms with van der Waals surface area (Å²) in [6.07, 6.45) is 2.38. The summed E-state index contributed by atoms with van der Waals surface area (Å²) in [6.45, 7) is 13.8. The smallest absolute Gasteiger partial charge is 0.411 e. The van der Waals surface area contributed by atoms with Gasteiger partial charge in [0.25, 0.3) is 5.91 Å². The van der Waals surface area contributed by atoms with Crippen LogP contribution in [0.4, 0.5) is 26.9 Å². The molecule has 3 saturated heterocycles. The number of carbonyl (C=O) groups excluding carboxylic acids is 3. The number of piperidine rings is 1. The normalized spacial score (nSPS) is 18.6. The van der Waals surface area contributed by atoms with Crippen molar-refractivity contribution in [3.05, 3.63) is 46.6 Å². The van der Waals surface area contributed by atoms with E-state index in [1.807, 2.05) is 36.3 Å². The van der Waals surface area contributed by atoms with E-state index in [0.717, 1.165) is 56.1 Å². The zero-order chi connectivity index (χ0) is 34.2. The molecule has 1 atom stereocenters. The van der Waals surface area contributed by atoms with E-state index in [-0.39, 0.29) is 24.1 Å². The van der Waals surface area contributed by atoms with Gasteiger partial charge in [0.2, 0.25) is 0 Å². The van der Waals surface area contributed by atoms with E-state index in [1.165, 1.54) is 0 Å². The Labute approximate surface area is 286 Å². The Balaban J connectivity index is 1.29. The van der Waals surface area contributed by atoms with Gasteiger partial charge in [0.05, 0.1) is 29.1 Å². The molecular formula is C34H45ClN8O5. The summed E-state index contributed by atoms with van der Waals surface area (Å²) in [7, 11) is 0. The summed E-state index contributed by atoms with van der Waals surface area (Å²) in [4.78, 5) is 52.5. The van der Waals surface area contributed by atoms with Crippen LogP contribution >= 0.6 is 11.6 Å². The molecule has 3 aliphatic rings. The van der Waals surface area contributed by atoms with Crippen molar-refractivity contribution in [3.63, 3.8) is 0 Å². The molecule has 3 aromatic rings. The largest absolute Gasteiger partial charge is 0.447 e. The predicted molar refractivity (Wildman–Crippen MR) is 184 cm³/mol. The summed E-state index contributed by atoms with van der Waals surface area (Å²) in [5.74, 6) is 1.55. The van der Waals surface area contributed by atoms with Crippen LogP contribution < -0.4 is 15.1 Å². The first kappa shape index (κ1) is 33.6. The number of carbonyl (C=O) groups is 3. The first-order chi connectivity index (χ1) is 22.9. The Hall–Kier alpha value is -4.26. The molecule has 3 aliphatic heterocycles. The summed E-state index contributed by atoms with van der Waals surface area (Å²) >= 11 is 6.35. The second-order valence-corrected chi connectivity index (χ2v) is 14.3. The number of piperazine rings is 1. The topological polar surface area (TPSA) is 125 Å². The minimum atomic E-state index is -0.638. The van der Waals surface area contributed by atoms with Crippen LogP contribution in [0.2, 0.25) is 5.02 Å². The molecule has 3 fully saturated rings. The van der Waals surface area contributed by atoms with Crippen LogP contribution in [0.1, 0.15) is 82.4 Å². The molecule has 0 spiro atoms. The average molecular weight is 681 g/mol. The lowest BCUT2D eigenvalue weighted by Crippen LogP contribution is -2.50. The van der Waals surface area contributed by atoms with Crippen LogP contribution in [0.25, 0.3) is 5.65 Å². The molecule has 1 N–H and O–H groups in total. The van der Waals surface area contributed by atoms with E-state index in [1.54, 1.807) is 36.9 Å². The molecule has 3 amide bonds. The lowest BCUT2D eigenvalue weighted by molar-refractivity contribution is 0.0240. The van der Waals surface area contributed by atoms with Crippen molar-refractivity contribution in [1.29, 1.82) is 0 Å². The number of amides is 3. The first-order valence-electron chi connectivity index (χ1n) is 16.8. The van der Waals surface area contributed by atoms with Crippen molar-refractivity contribution in [2.24, 2.45) is 0 Å². The molecular weight excluding hydrogens is 636 g/mol. The van der Waals surface area contributed by atoms with Crippen molar-refractivity contribution in [3.8, 4) is 0 Å². The van der Waals surface area contributed by atoms with Gasteiger partial charge in [0.15, 0.2) is 5.65 Å². The third-order valence-electron chi connectivity index (χ3n) is 8.75. The molecule has 0 aliphatic carbocycles. The highest BCUT2D eigenvalue weighted by Crippen LogP contribution is 2.35. The van der Waals surface area contributed by atoms with Crippen LogP contribution in [0.15, 0.2) is 30.3 Å². The average Bonchev–Trinajstić information content (AvgIpc) is 3.43.